The van der Waals surface area contributed by atoms with Gasteiger partial charge in [-0.05, 0) is 29.7 Å². The van der Waals surface area contributed by atoms with E-state index in [1.807, 2.05) is 31.2 Å². The number of benzene rings is 2. The Labute approximate surface area is 154 Å². The lowest BCUT2D eigenvalue weighted by Crippen LogP contribution is -2.36. The molecule has 1 aliphatic rings. The molecule has 6 nitrogen and oxygen atoms in total. The molecule has 26 heavy (non-hydrogen) atoms. The second-order valence-corrected chi connectivity index (χ2v) is 8.41. The van der Waals surface area contributed by atoms with Gasteiger partial charge in [0.05, 0.1) is 24.5 Å². The molecule has 0 bridgehead atoms. The first-order chi connectivity index (χ1) is 12.3. The highest BCUT2D eigenvalue weighted by molar-refractivity contribution is 7.92. The zero-order chi connectivity index (χ0) is 18.7. The van der Waals surface area contributed by atoms with Crippen LogP contribution in [0.25, 0.3) is 0 Å². The van der Waals surface area contributed by atoms with E-state index < -0.39 is 10.0 Å². The standard InChI is InChI=1S/C19H23N3O3S/c1-14(17-9-5-6-10-18(17)21-26(2,24)25)20-19(23)13-22-11-15-7-3-4-8-16(15)12-22/h3-10,14,21H,11-13H2,1-2H3,(H,20,23). The lowest BCUT2D eigenvalue weighted by atomic mass is 10.1. The van der Waals surface area contributed by atoms with Crippen molar-refractivity contribution in [1.29, 1.82) is 0 Å². The van der Waals surface area contributed by atoms with Crippen molar-refractivity contribution < 1.29 is 13.2 Å². The number of anilines is 1. The fourth-order valence-corrected chi connectivity index (χ4v) is 3.84. The molecule has 0 aliphatic carbocycles. The molecule has 138 valence electrons. The SMILES string of the molecule is CC(NC(=O)CN1Cc2ccccc2C1)c1ccccc1NS(C)(=O)=O. The molecule has 2 aromatic carbocycles. The predicted octanol–water partition coefficient (Wildman–Crippen LogP) is 2.25. The highest BCUT2D eigenvalue weighted by atomic mass is 32.2. The molecule has 1 unspecified atom stereocenters. The summed E-state index contributed by atoms with van der Waals surface area (Å²) in [4.78, 5) is 14.5. The molecule has 2 N–H and O–H groups in total. The maximum absolute atomic E-state index is 12.4. The van der Waals surface area contributed by atoms with Gasteiger partial charge in [0.25, 0.3) is 0 Å². The quantitative estimate of drug-likeness (QED) is 0.814. The highest BCUT2D eigenvalue weighted by Crippen LogP contribution is 2.24. The van der Waals surface area contributed by atoms with E-state index in [-0.39, 0.29) is 11.9 Å². The molecule has 0 saturated heterocycles. The van der Waals surface area contributed by atoms with Gasteiger partial charge < -0.3 is 5.32 Å². The third kappa shape index (κ3) is 4.62. The Morgan fingerprint density at radius 2 is 1.65 bits per heavy atom. The fraction of sp³-hybridized carbons (Fsp3) is 0.316. The Bertz CT molecular complexity index is 887. The van der Waals surface area contributed by atoms with Crippen LogP contribution in [-0.2, 0) is 27.9 Å². The van der Waals surface area contributed by atoms with Gasteiger partial charge in [-0.25, -0.2) is 8.42 Å². The molecular formula is C19H23N3O3S. The average molecular weight is 373 g/mol. The molecule has 0 fully saturated rings. The Hall–Kier alpha value is -2.38. The minimum Gasteiger partial charge on any atom is -0.348 e. The number of rotatable bonds is 6. The summed E-state index contributed by atoms with van der Waals surface area (Å²) in [6.45, 7) is 3.69. The minimum atomic E-state index is -3.38. The molecule has 0 saturated carbocycles. The van der Waals surface area contributed by atoms with Gasteiger partial charge in [-0.2, -0.15) is 0 Å². The first-order valence-electron chi connectivity index (χ1n) is 8.47. The van der Waals surface area contributed by atoms with Crippen LogP contribution in [0.3, 0.4) is 0 Å². The Morgan fingerprint density at radius 3 is 2.27 bits per heavy atom. The van der Waals surface area contributed by atoms with Crippen LogP contribution in [0.2, 0.25) is 0 Å². The largest absolute Gasteiger partial charge is 0.348 e. The zero-order valence-corrected chi connectivity index (χ0v) is 15.7. The molecule has 1 heterocycles. The molecule has 0 aromatic heterocycles. The number of hydrogen-bond donors (Lipinski definition) is 2. The van der Waals surface area contributed by atoms with Gasteiger partial charge in [0.15, 0.2) is 0 Å². The summed E-state index contributed by atoms with van der Waals surface area (Å²) >= 11 is 0. The molecule has 0 spiro atoms. The molecule has 2 aromatic rings. The van der Waals surface area contributed by atoms with Gasteiger partial charge in [-0.3, -0.25) is 14.4 Å². The van der Waals surface area contributed by atoms with Crippen LogP contribution in [-0.4, -0.2) is 32.0 Å². The van der Waals surface area contributed by atoms with Crippen molar-refractivity contribution in [2.75, 3.05) is 17.5 Å². The van der Waals surface area contributed by atoms with Crippen molar-refractivity contribution in [3.63, 3.8) is 0 Å². The van der Waals surface area contributed by atoms with Crippen LogP contribution >= 0.6 is 0 Å². The second kappa shape index (κ2) is 7.47. The van der Waals surface area contributed by atoms with Gasteiger partial charge >= 0.3 is 0 Å². The number of hydrogen-bond acceptors (Lipinski definition) is 4. The number of nitrogens with zero attached hydrogens (tertiary/aromatic N) is 1. The third-order valence-corrected chi connectivity index (χ3v) is 4.96. The molecule has 1 atom stereocenters. The van der Waals surface area contributed by atoms with E-state index in [1.165, 1.54) is 11.1 Å². The first-order valence-corrected chi connectivity index (χ1v) is 10.4. The van der Waals surface area contributed by atoms with Gasteiger partial charge in [0, 0.05) is 13.1 Å². The monoisotopic (exact) mass is 373 g/mol. The molecule has 0 radical (unpaired) electrons. The molecule has 1 amide bonds. The van der Waals surface area contributed by atoms with E-state index in [1.54, 1.807) is 12.1 Å². The van der Waals surface area contributed by atoms with Gasteiger partial charge in [0.2, 0.25) is 15.9 Å². The number of carbonyl (C=O) groups is 1. The van der Waals surface area contributed by atoms with Crippen LogP contribution in [0.4, 0.5) is 5.69 Å². The van der Waals surface area contributed by atoms with Gasteiger partial charge in [-0.15, -0.1) is 0 Å². The summed E-state index contributed by atoms with van der Waals surface area (Å²) in [6, 6.07) is 15.0. The van der Waals surface area contributed by atoms with E-state index in [0.29, 0.717) is 12.2 Å². The molecule has 3 rings (SSSR count). The first kappa shape index (κ1) is 18.4. The van der Waals surface area contributed by atoms with Crippen LogP contribution in [0.1, 0.15) is 29.7 Å². The molecular weight excluding hydrogens is 350 g/mol. The number of sulfonamides is 1. The minimum absolute atomic E-state index is 0.0838. The van der Waals surface area contributed by atoms with E-state index in [9.17, 15) is 13.2 Å². The van der Waals surface area contributed by atoms with E-state index in [0.717, 1.165) is 24.9 Å². The number of amides is 1. The summed E-state index contributed by atoms with van der Waals surface area (Å²) in [6.07, 6.45) is 1.11. The van der Waals surface area contributed by atoms with Crippen LogP contribution < -0.4 is 10.0 Å². The fourth-order valence-electron chi connectivity index (χ4n) is 3.25. The number of fused-ring (bicyclic) bond motifs is 1. The third-order valence-electron chi connectivity index (χ3n) is 4.37. The van der Waals surface area contributed by atoms with Crippen LogP contribution in [0, 0.1) is 0 Å². The topological polar surface area (TPSA) is 78.5 Å². The van der Waals surface area contributed by atoms with E-state index in [2.05, 4.69) is 27.1 Å². The summed E-state index contributed by atoms with van der Waals surface area (Å²) < 4.78 is 25.6. The van der Waals surface area contributed by atoms with E-state index in [4.69, 9.17) is 0 Å². The van der Waals surface area contributed by atoms with E-state index >= 15 is 0 Å². The number of para-hydroxylation sites is 1. The van der Waals surface area contributed by atoms with Gasteiger partial charge in [0.1, 0.15) is 0 Å². The van der Waals surface area contributed by atoms with Crippen molar-refractivity contribution >= 4 is 21.6 Å². The second-order valence-electron chi connectivity index (χ2n) is 6.66. The smallest absolute Gasteiger partial charge is 0.234 e. The average Bonchev–Trinajstić information content (AvgIpc) is 2.95. The Balaban J connectivity index is 1.62. The Kier molecular flexibility index (Phi) is 5.29. The summed E-state index contributed by atoms with van der Waals surface area (Å²) in [5.74, 6) is -0.0838. The summed E-state index contributed by atoms with van der Waals surface area (Å²) in [5.41, 5.74) is 3.74. The number of nitrogens with one attached hydrogen (secondary N) is 2. The van der Waals surface area contributed by atoms with Crippen molar-refractivity contribution in [2.24, 2.45) is 0 Å². The van der Waals surface area contributed by atoms with Crippen molar-refractivity contribution in [3.05, 3.63) is 65.2 Å². The normalized spacial score (nSPS) is 15.3. The van der Waals surface area contributed by atoms with Crippen molar-refractivity contribution in [3.8, 4) is 0 Å². The van der Waals surface area contributed by atoms with Crippen LogP contribution in [0.15, 0.2) is 48.5 Å². The summed E-state index contributed by atoms with van der Waals surface area (Å²) in [5, 5.41) is 2.96. The Morgan fingerprint density at radius 1 is 1.08 bits per heavy atom. The zero-order valence-electron chi connectivity index (χ0n) is 14.9. The molecule has 1 aliphatic heterocycles. The van der Waals surface area contributed by atoms with Crippen LogP contribution in [0.5, 0.6) is 0 Å². The highest BCUT2D eigenvalue weighted by Gasteiger charge is 2.22. The predicted molar refractivity (Wildman–Crippen MR) is 102 cm³/mol. The van der Waals surface area contributed by atoms with Crippen molar-refractivity contribution in [1.82, 2.24) is 10.2 Å². The van der Waals surface area contributed by atoms with Gasteiger partial charge in [-0.1, -0.05) is 42.5 Å². The maximum atomic E-state index is 12.4. The summed E-state index contributed by atoms with van der Waals surface area (Å²) in [7, 11) is -3.38. The molecule has 7 heteroatoms. The maximum Gasteiger partial charge on any atom is 0.234 e. The number of carbonyl (C=O) groups excluding carboxylic acids is 1. The van der Waals surface area contributed by atoms with Crippen molar-refractivity contribution in [2.45, 2.75) is 26.1 Å². The lowest BCUT2D eigenvalue weighted by Gasteiger charge is -2.20. The lowest BCUT2D eigenvalue weighted by molar-refractivity contribution is -0.123.